The maximum Gasteiger partial charge on any atom is 0.499 e. The number of hydrogen-bond donors (Lipinski definition) is 0. The molecule has 11 heteroatoms. The van der Waals surface area contributed by atoms with Crippen LogP contribution in [0.1, 0.15) is 31.2 Å². The summed E-state index contributed by atoms with van der Waals surface area (Å²) in [6.45, 7) is 0. The first kappa shape index (κ1) is 18.6. The smallest absolute Gasteiger partial charge is 0.359 e. The number of alkyl halides is 3. The number of halogens is 3. The van der Waals surface area contributed by atoms with Crippen LogP contribution in [-0.2, 0) is 25.9 Å². The Morgan fingerprint density at radius 2 is 1.71 bits per heavy atom. The number of sulfone groups is 2. The van der Waals surface area contributed by atoms with Crippen LogP contribution in [0.4, 0.5) is 13.2 Å². The first-order valence-electron chi connectivity index (χ1n) is 6.89. The van der Waals surface area contributed by atoms with Crippen molar-refractivity contribution in [3.63, 3.8) is 0 Å². The van der Waals surface area contributed by atoms with Crippen molar-refractivity contribution < 1.29 is 34.8 Å². The minimum Gasteiger partial charge on any atom is -0.359 e. The van der Waals surface area contributed by atoms with Crippen molar-refractivity contribution in [2.75, 3.05) is 0 Å². The van der Waals surface area contributed by atoms with Gasteiger partial charge in [-0.25, -0.2) is 16.8 Å². The SMILES string of the molecule is [N-]=[N+]=C(S(=O)(=O)c1cccc(C(F)(F)F)c1)S(=O)(=O)C1CCCC1. The van der Waals surface area contributed by atoms with E-state index >= 15 is 0 Å². The second kappa shape index (κ2) is 6.30. The van der Waals surface area contributed by atoms with E-state index in [2.05, 4.69) is 4.79 Å². The molecule has 132 valence electrons. The third-order valence-corrected chi connectivity index (χ3v) is 8.46. The lowest BCUT2D eigenvalue weighted by atomic mass is 10.2. The second-order valence-electron chi connectivity index (χ2n) is 5.35. The Labute approximate surface area is 136 Å². The van der Waals surface area contributed by atoms with Gasteiger partial charge in [0.25, 0.3) is 19.7 Å². The van der Waals surface area contributed by atoms with Crippen LogP contribution in [0.15, 0.2) is 29.2 Å². The Hall–Kier alpha value is -1.71. The highest BCUT2D eigenvalue weighted by atomic mass is 32.3. The van der Waals surface area contributed by atoms with Crippen molar-refractivity contribution in [2.24, 2.45) is 0 Å². The van der Waals surface area contributed by atoms with Gasteiger partial charge in [0, 0.05) is 0 Å². The van der Waals surface area contributed by atoms with E-state index in [1.54, 1.807) is 0 Å². The predicted octanol–water partition coefficient (Wildman–Crippen LogP) is 2.42. The summed E-state index contributed by atoms with van der Waals surface area (Å²) in [6, 6.07) is 2.62. The minimum absolute atomic E-state index is 0.208. The van der Waals surface area contributed by atoms with Crippen LogP contribution in [0.5, 0.6) is 0 Å². The van der Waals surface area contributed by atoms with Gasteiger partial charge in [-0.15, -0.1) is 4.79 Å². The molecular weight excluding hydrogens is 369 g/mol. The number of rotatable bonds is 2. The fourth-order valence-corrected chi connectivity index (χ4v) is 6.67. The molecular formula is C13H13F3N2O4S2. The third-order valence-electron chi connectivity index (χ3n) is 3.77. The van der Waals surface area contributed by atoms with Crippen LogP contribution >= 0.6 is 0 Å². The molecule has 2 rings (SSSR count). The van der Waals surface area contributed by atoms with Crippen LogP contribution in [0.3, 0.4) is 0 Å². The molecule has 24 heavy (non-hydrogen) atoms. The molecule has 0 saturated heterocycles. The highest BCUT2D eigenvalue weighted by molar-refractivity contribution is 8.31. The molecule has 1 aromatic rings. The van der Waals surface area contributed by atoms with E-state index in [1.807, 2.05) is 0 Å². The zero-order valence-corrected chi connectivity index (χ0v) is 13.8. The molecule has 0 amide bonds. The predicted molar refractivity (Wildman–Crippen MR) is 78.4 cm³/mol. The zero-order chi connectivity index (χ0) is 18.2. The van der Waals surface area contributed by atoms with Crippen LogP contribution in [0.2, 0.25) is 0 Å². The molecule has 0 unspecified atom stereocenters. The van der Waals surface area contributed by atoms with E-state index in [9.17, 15) is 30.0 Å². The Kier molecular flexibility index (Phi) is 4.89. The van der Waals surface area contributed by atoms with E-state index < -0.39 is 45.9 Å². The molecule has 0 spiro atoms. The van der Waals surface area contributed by atoms with Crippen LogP contribution in [-0.4, -0.2) is 31.3 Å². The van der Waals surface area contributed by atoms with Crippen molar-refractivity contribution in [1.29, 1.82) is 0 Å². The van der Waals surface area contributed by atoms with Gasteiger partial charge >= 0.3 is 10.6 Å². The minimum atomic E-state index is -4.92. The lowest BCUT2D eigenvalue weighted by Gasteiger charge is -2.09. The summed E-state index contributed by atoms with van der Waals surface area (Å²) in [4.78, 5) is 1.51. The third kappa shape index (κ3) is 3.38. The van der Waals surface area contributed by atoms with Gasteiger partial charge in [-0.2, -0.15) is 13.2 Å². The van der Waals surface area contributed by atoms with E-state index in [0.29, 0.717) is 25.0 Å². The zero-order valence-electron chi connectivity index (χ0n) is 12.2. The van der Waals surface area contributed by atoms with Gasteiger partial charge in [-0.1, -0.05) is 18.9 Å². The van der Waals surface area contributed by atoms with Gasteiger partial charge < -0.3 is 5.53 Å². The standard InChI is InChI=1S/C13H13F3N2O4S2/c14-13(15,16)9-4-3-7-11(8-9)24(21,22)12(18-17)23(19,20)10-5-1-2-6-10/h3-4,7-8,10H,1-2,5-6H2. The van der Waals surface area contributed by atoms with Crippen molar-refractivity contribution in [2.45, 2.75) is 42.0 Å². The molecule has 1 saturated carbocycles. The lowest BCUT2D eigenvalue weighted by Crippen LogP contribution is -2.33. The van der Waals surface area contributed by atoms with Gasteiger partial charge in [0.1, 0.15) is 0 Å². The van der Waals surface area contributed by atoms with Gasteiger partial charge in [0.05, 0.1) is 15.7 Å². The Bertz CT molecular complexity index is 895. The first-order chi connectivity index (χ1) is 11.0. The van der Waals surface area contributed by atoms with Crippen LogP contribution in [0, 0.1) is 0 Å². The van der Waals surface area contributed by atoms with Crippen LogP contribution in [0.25, 0.3) is 5.53 Å². The molecule has 6 nitrogen and oxygen atoms in total. The van der Waals surface area contributed by atoms with Crippen molar-refractivity contribution >= 4 is 24.1 Å². The summed E-state index contributed by atoms with van der Waals surface area (Å²) in [5.74, 6) is 0. The molecule has 0 aliphatic heterocycles. The maximum atomic E-state index is 12.7. The molecule has 1 aliphatic rings. The molecule has 1 fully saturated rings. The summed E-state index contributed by atoms with van der Waals surface area (Å²) in [6.07, 6.45) is -3.23. The Morgan fingerprint density at radius 3 is 2.21 bits per heavy atom. The van der Waals surface area contributed by atoms with Crippen molar-refractivity contribution in [3.05, 3.63) is 35.4 Å². The van der Waals surface area contributed by atoms with E-state index in [4.69, 9.17) is 5.53 Å². The van der Waals surface area contributed by atoms with Crippen LogP contribution < -0.4 is 0 Å². The molecule has 0 heterocycles. The average molecular weight is 382 g/mol. The number of benzene rings is 1. The van der Waals surface area contributed by atoms with Crippen molar-refractivity contribution in [3.8, 4) is 0 Å². The fourth-order valence-electron chi connectivity index (χ4n) is 2.55. The van der Waals surface area contributed by atoms with E-state index in [0.717, 1.165) is 12.1 Å². The van der Waals surface area contributed by atoms with Crippen molar-refractivity contribution in [1.82, 2.24) is 0 Å². The first-order valence-corrected chi connectivity index (χ1v) is 9.92. The number of hydrogen-bond acceptors (Lipinski definition) is 4. The lowest BCUT2D eigenvalue weighted by molar-refractivity contribution is -0.137. The van der Waals surface area contributed by atoms with Gasteiger partial charge in [0.2, 0.25) is 0 Å². The van der Waals surface area contributed by atoms with Gasteiger partial charge in [-0.05, 0) is 31.0 Å². The van der Waals surface area contributed by atoms with Gasteiger partial charge in [0.15, 0.2) is 0 Å². The monoisotopic (exact) mass is 382 g/mol. The molecule has 0 aromatic heterocycles. The summed E-state index contributed by atoms with van der Waals surface area (Å²) in [7, 11) is -9.39. The molecule has 0 atom stereocenters. The van der Waals surface area contributed by atoms with Gasteiger partial charge in [-0.3, -0.25) is 0 Å². The second-order valence-corrected chi connectivity index (χ2v) is 9.61. The summed E-state index contributed by atoms with van der Waals surface area (Å²) in [5, 5.41) is -1.02. The highest BCUT2D eigenvalue weighted by Gasteiger charge is 2.48. The molecule has 1 aromatic carbocycles. The van der Waals surface area contributed by atoms with E-state index in [-0.39, 0.29) is 12.8 Å². The Morgan fingerprint density at radius 1 is 1.12 bits per heavy atom. The number of nitrogens with zero attached hydrogens (tertiary/aromatic N) is 2. The Balaban J connectivity index is 2.55. The fraction of sp³-hybridized carbons (Fsp3) is 0.462. The highest BCUT2D eigenvalue weighted by Crippen LogP contribution is 2.32. The molecule has 0 bridgehead atoms. The van der Waals surface area contributed by atoms with E-state index in [1.165, 1.54) is 0 Å². The average Bonchev–Trinajstić information content (AvgIpc) is 3.01. The molecule has 0 radical (unpaired) electrons. The maximum absolute atomic E-state index is 12.7. The topological polar surface area (TPSA) is 105 Å². The quantitative estimate of drug-likeness (QED) is 0.339. The molecule has 1 aliphatic carbocycles. The summed E-state index contributed by atoms with van der Waals surface area (Å²) >= 11 is 0. The summed E-state index contributed by atoms with van der Waals surface area (Å²) < 4.78 is 86.2. The normalized spacial score (nSPS) is 16.8. The largest absolute Gasteiger partial charge is 0.499 e. The molecule has 0 N–H and O–H groups in total. The summed E-state index contributed by atoms with van der Waals surface area (Å²) in [5.41, 5.74) is 7.70.